The van der Waals surface area contributed by atoms with Crippen molar-refractivity contribution in [3.63, 3.8) is 0 Å². The van der Waals surface area contributed by atoms with Gasteiger partial charge in [-0.25, -0.2) is 33.1 Å². The van der Waals surface area contributed by atoms with Crippen LogP contribution in [0.2, 0.25) is 0 Å². The zero-order valence-electron chi connectivity index (χ0n) is 44.3. The Labute approximate surface area is 435 Å². The molecule has 74 heavy (non-hydrogen) atoms. The first kappa shape index (κ1) is 55.7. The Morgan fingerprint density at radius 2 is 1.16 bits per heavy atom. The van der Waals surface area contributed by atoms with Gasteiger partial charge in [-0.2, -0.15) is 0 Å². The molecule has 0 spiro atoms. The van der Waals surface area contributed by atoms with E-state index < -0.39 is 31.9 Å². The second-order valence-corrected chi connectivity index (χ2v) is 24.1. The highest BCUT2D eigenvalue weighted by atomic mass is 32.2. The van der Waals surface area contributed by atoms with Crippen molar-refractivity contribution in [1.82, 2.24) is 24.7 Å². The lowest BCUT2D eigenvalue weighted by atomic mass is 9.81. The van der Waals surface area contributed by atoms with E-state index >= 15 is 0 Å². The molecule has 21 nitrogen and oxygen atoms in total. The van der Waals surface area contributed by atoms with Crippen LogP contribution in [-0.4, -0.2) is 137 Å². The Kier molecular flexibility index (Phi) is 17.2. The molecule has 2 aliphatic carbocycles. The summed E-state index contributed by atoms with van der Waals surface area (Å²) < 4.78 is 80.0. The molecule has 9 rings (SSSR count). The first-order valence-electron chi connectivity index (χ1n) is 24.9. The minimum absolute atomic E-state index is 0.138. The van der Waals surface area contributed by atoms with Gasteiger partial charge >= 0.3 is 10.2 Å². The Balaban J connectivity index is 0.000000165. The number of aromatic nitrogens is 5. The van der Waals surface area contributed by atoms with Gasteiger partial charge in [0.2, 0.25) is 10.0 Å². The molecule has 0 atom stereocenters. The van der Waals surface area contributed by atoms with Crippen LogP contribution >= 0.6 is 0 Å². The van der Waals surface area contributed by atoms with Crippen LogP contribution in [0.1, 0.15) is 72.1 Å². The standard InChI is InChI=1S/C20H28N4O4S.C19H26N4O2.C12H19N3O4S/c1-27-17-10-15-16(11-18(17)28-2)21-13-22-19(15)24-8-4-14(5-9-24)20(6-7-20)12-23-29(3,25)26;1-24-16-9-14-15(10-17(16)25-2)21-12-22-18(14)23-7-3-13(4-8-23)19(11-20)5-6-19;1-12(2,3)19-11(16)13-20(17,18)15-8-6-10(7-9-15)14(4)5/h10-11,13-14,23H,4-9,12H2,1-3H3;9-10,12-13H,3-8,11,20H2,1-2H3;6-9H,1-5H3. The molecule has 404 valence electrons. The van der Waals surface area contributed by atoms with E-state index in [2.05, 4.69) is 38.9 Å². The minimum Gasteiger partial charge on any atom is -0.594 e. The Morgan fingerprint density at radius 3 is 1.53 bits per heavy atom. The van der Waals surface area contributed by atoms with Gasteiger partial charge in [0.1, 0.15) is 24.3 Å². The largest absolute Gasteiger partial charge is 0.594 e. The van der Waals surface area contributed by atoms with Gasteiger partial charge in [0.15, 0.2) is 41.5 Å². The lowest BCUT2D eigenvalue weighted by Gasteiger charge is -2.37. The fourth-order valence-corrected chi connectivity index (χ4v) is 11.3. The number of nitrogens with two attached hydrogens (primary N) is 1. The van der Waals surface area contributed by atoms with Crippen molar-refractivity contribution in [1.29, 1.82) is 0 Å². The molecule has 5 heterocycles. The maximum absolute atomic E-state index is 11.9. The van der Waals surface area contributed by atoms with E-state index in [4.69, 9.17) is 29.4 Å². The van der Waals surface area contributed by atoms with E-state index in [-0.39, 0.29) is 5.41 Å². The van der Waals surface area contributed by atoms with Gasteiger partial charge in [-0.05, 0) is 92.7 Å². The zero-order valence-corrected chi connectivity index (χ0v) is 46.0. The van der Waals surface area contributed by atoms with E-state index in [9.17, 15) is 21.9 Å². The molecule has 3 aromatic heterocycles. The van der Waals surface area contributed by atoms with Gasteiger partial charge in [-0.1, -0.05) is 29.1 Å². The molecule has 0 radical (unpaired) electrons. The highest BCUT2D eigenvalue weighted by molar-refractivity contribution is 7.88. The highest BCUT2D eigenvalue weighted by Gasteiger charge is 2.50. The third-order valence-electron chi connectivity index (χ3n) is 14.6. The molecule has 4 fully saturated rings. The van der Waals surface area contributed by atoms with Crippen LogP contribution in [0.3, 0.4) is 0 Å². The molecule has 0 amide bonds. The van der Waals surface area contributed by atoms with Gasteiger partial charge in [-0.15, -0.1) is 8.42 Å². The third-order valence-corrected chi connectivity index (χ3v) is 16.4. The average Bonchev–Trinajstić information content (AvgIpc) is 4.33. The Bertz CT molecular complexity index is 2990. The molecule has 4 aliphatic rings. The van der Waals surface area contributed by atoms with Crippen LogP contribution < -0.4 is 53.2 Å². The molecule has 0 unspecified atom stereocenters. The summed E-state index contributed by atoms with van der Waals surface area (Å²) in [6.45, 7) is 10.1. The van der Waals surface area contributed by atoms with Crippen molar-refractivity contribution in [2.24, 2.45) is 32.8 Å². The summed E-state index contributed by atoms with van der Waals surface area (Å²) in [5.74, 6) is 5.91. The number of anilines is 3. The molecular formula is C51H73N11O10S2. The van der Waals surface area contributed by atoms with Crippen molar-refractivity contribution in [2.75, 3.05) is 103 Å². The van der Waals surface area contributed by atoms with E-state index in [1.807, 2.05) is 43.3 Å². The molecule has 0 bridgehead atoms. The molecule has 2 saturated carbocycles. The highest BCUT2D eigenvalue weighted by Crippen LogP contribution is 2.56. The predicted molar refractivity (Wildman–Crippen MR) is 284 cm³/mol. The number of pyridine rings is 1. The number of hydrogen-bond acceptors (Lipinski definition) is 18. The van der Waals surface area contributed by atoms with Gasteiger partial charge < -0.3 is 49.2 Å². The van der Waals surface area contributed by atoms with Crippen LogP contribution in [-0.2, 0) is 25.0 Å². The van der Waals surface area contributed by atoms with E-state index in [1.165, 1.54) is 44.3 Å². The second kappa shape index (κ2) is 22.8. The molecular weight excluding hydrogens is 991 g/mol. The number of sulfonamides is 1. The summed E-state index contributed by atoms with van der Waals surface area (Å²) >= 11 is 0. The molecule has 2 aliphatic heterocycles. The number of fused-ring (bicyclic) bond motifs is 2. The molecule has 2 aromatic carbocycles. The maximum Gasteiger partial charge on any atom is 0.493 e. The predicted octanol–water partition coefficient (Wildman–Crippen LogP) is 4.46. The summed E-state index contributed by atoms with van der Waals surface area (Å²) in [5, 5.41) is 13.4. The lowest BCUT2D eigenvalue weighted by molar-refractivity contribution is -0.511. The number of nitrogens with one attached hydrogen (secondary N) is 1. The van der Waals surface area contributed by atoms with Crippen LogP contribution in [0.5, 0.6) is 23.0 Å². The first-order chi connectivity index (χ1) is 35.1. The number of methoxy groups -OCH3 is 4. The summed E-state index contributed by atoms with van der Waals surface area (Å²) in [7, 11) is 2.92. The van der Waals surface area contributed by atoms with E-state index in [0.29, 0.717) is 40.9 Å². The topological polar surface area (TPSA) is 253 Å². The number of ether oxygens (including phenoxy) is 5. The van der Waals surface area contributed by atoms with E-state index in [0.717, 1.165) is 107 Å². The van der Waals surface area contributed by atoms with Gasteiger partial charge in [0.05, 0.1) is 45.7 Å². The number of rotatable bonds is 15. The van der Waals surface area contributed by atoms with Crippen molar-refractivity contribution < 1.29 is 49.6 Å². The summed E-state index contributed by atoms with van der Waals surface area (Å²) in [4.78, 5) is 24.4. The van der Waals surface area contributed by atoms with Gasteiger partial charge in [0.25, 0.3) is 0 Å². The van der Waals surface area contributed by atoms with Crippen molar-refractivity contribution in [3.05, 3.63) is 61.4 Å². The molecule has 2 saturated heterocycles. The SMILES string of the molecule is CN(C)c1cc[n+](S(=O)(=O)N=C([O-])OC(C)(C)C)cc1.COc1cc2ncnc(N3CCC(C4(CN)CC4)CC3)c2cc1OC.COc1cc2ncnc(N3CCC(C4(CNS(C)(=O)=O)CC4)CC3)c2cc1OC. The molecule has 3 N–H and O–H groups in total. The number of nitrogens with zero attached hydrogens (tertiary/aromatic N) is 9. The second-order valence-electron chi connectivity index (χ2n) is 20.7. The lowest BCUT2D eigenvalue weighted by Crippen LogP contribution is -2.43. The minimum atomic E-state index is -4.13. The van der Waals surface area contributed by atoms with Gasteiger partial charge in [0, 0.05) is 93.1 Å². The van der Waals surface area contributed by atoms with Gasteiger partial charge in [-0.3, -0.25) is 0 Å². The first-order valence-corrected chi connectivity index (χ1v) is 28.1. The fraction of sp³-hybridized carbons (Fsp3) is 0.569. The summed E-state index contributed by atoms with van der Waals surface area (Å²) in [6, 6.07) is 10.9. The Morgan fingerprint density at radius 1 is 0.743 bits per heavy atom. The van der Waals surface area contributed by atoms with Crippen molar-refractivity contribution >= 4 is 65.4 Å². The normalized spacial score (nSPS) is 17.9. The van der Waals surface area contributed by atoms with Crippen LogP contribution in [0.25, 0.3) is 21.8 Å². The van der Waals surface area contributed by atoms with Crippen molar-refractivity contribution in [3.8, 4) is 23.0 Å². The molecule has 5 aromatic rings. The molecule has 23 heteroatoms. The third kappa shape index (κ3) is 13.4. The summed E-state index contributed by atoms with van der Waals surface area (Å²) in [5.41, 5.74) is 8.33. The zero-order chi connectivity index (χ0) is 53.6. The average molecular weight is 1060 g/mol. The number of hydrogen-bond donors (Lipinski definition) is 2. The number of benzene rings is 2. The monoisotopic (exact) mass is 1060 g/mol. The maximum atomic E-state index is 11.9. The quantitative estimate of drug-likeness (QED) is 0.0834. The van der Waals surface area contributed by atoms with Crippen LogP contribution in [0.15, 0.2) is 65.8 Å². The Hall–Kier alpha value is -6.04. The summed E-state index contributed by atoms with van der Waals surface area (Å²) in [6.07, 6.45) is 15.2. The van der Waals surface area contributed by atoms with Crippen LogP contribution in [0.4, 0.5) is 17.3 Å². The number of piperidine rings is 2. The fourth-order valence-electron chi connectivity index (χ4n) is 10.0. The van der Waals surface area contributed by atoms with Crippen LogP contribution in [0, 0.1) is 22.7 Å². The van der Waals surface area contributed by atoms with E-state index in [1.54, 1.807) is 74.0 Å². The van der Waals surface area contributed by atoms with Crippen molar-refractivity contribution in [2.45, 2.75) is 77.7 Å². The smallest absolute Gasteiger partial charge is 0.493 e.